The van der Waals surface area contributed by atoms with Crippen LogP contribution in [0.15, 0.2) is 6.07 Å². The van der Waals surface area contributed by atoms with Crippen molar-refractivity contribution >= 4 is 17.2 Å². The highest BCUT2D eigenvalue weighted by atomic mass is 32.1. The zero-order chi connectivity index (χ0) is 12.3. The summed E-state index contributed by atoms with van der Waals surface area (Å²) >= 11 is 4.96. The van der Waals surface area contributed by atoms with Gasteiger partial charge in [0.2, 0.25) is 0 Å². The highest BCUT2D eigenvalue weighted by Gasteiger charge is 2.11. The largest absolute Gasteiger partial charge is 0.393 e. The number of aromatic nitrogens is 2. The van der Waals surface area contributed by atoms with Crippen molar-refractivity contribution in [3.05, 3.63) is 17.5 Å². The zero-order valence-corrected chi connectivity index (χ0v) is 11.2. The van der Waals surface area contributed by atoms with E-state index in [-0.39, 0.29) is 5.92 Å². The van der Waals surface area contributed by atoms with Gasteiger partial charge in [0, 0.05) is 26.1 Å². The van der Waals surface area contributed by atoms with Crippen LogP contribution in [0.3, 0.4) is 0 Å². The van der Waals surface area contributed by atoms with Gasteiger partial charge in [0.25, 0.3) is 0 Å². The van der Waals surface area contributed by atoms with Gasteiger partial charge in [-0.15, -0.1) is 0 Å². The summed E-state index contributed by atoms with van der Waals surface area (Å²) in [5.74, 6) is 0.245. The van der Waals surface area contributed by atoms with Crippen LogP contribution in [0.25, 0.3) is 0 Å². The van der Waals surface area contributed by atoms with E-state index < -0.39 is 0 Å². The summed E-state index contributed by atoms with van der Waals surface area (Å²) < 4.78 is 1.91. The molecule has 0 spiro atoms. The number of rotatable bonds is 5. The quantitative estimate of drug-likeness (QED) is 0.783. The van der Waals surface area contributed by atoms with E-state index in [2.05, 4.69) is 23.1 Å². The van der Waals surface area contributed by atoms with Crippen molar-refractivity contribution in [2.24, 2.45) is 18.7 Å². The van der Waals surface area contributed by atoms with E-state index >= 15 is 0 Å². The smallest absolute Gasteiger partial charge is 0.0768 e. The van der Waals surface area contributed by atoms with Crippen LogP contribution in [0.5, 0.6) is 0 Å². The maximum Gasteiger partial charge on any atom is 0.0768 e. The minimum absolute atomic E-state index is 0.245. The van der Waals surface area contributed by atoms with E-state index in [0.29, 0.717) is 4.99 Å². The van der Waals surface area contributed by atoms with Crippen LogP contribution in [0.4, 0.5) is 0 Å². The Kier molecular flexibility index (Phi) is 4.44. The van der Waals surface area contributed by atoms with Crippen LogP contribution >= 0.6 is 12.2 Å². The Hall–Kier alpha value is -0.940. The van der Waals surface area contributed by atoms with Crippen molar-refractivity contribution in [2.75, 3.05) is 13.6 Å². The van der Waals surface area contributed by atoms with E-state index in [1.165, 1.54) is 5.69 Å². The lowest BCUT2D eigenvalue weighted by atomic mass is 10.1. The van der Waals surface area contributed by atoms with Crippen molar-refractivity contribution in [3.63, 3.8) is 0 Å². The summed E-state index contributed by atoms with van der Waals surface area (Å²) in [7, 11) is 4.03. The van der Waals surface area contributed by atoms with Gasteiger partial charge in [-0.3, -0.25) is 9.58 Å². The van der Waals surface area contributed by atoms with Gasteiger partial charge in [0.15, 0.2) is 0 Å². The molecule has 0 aliphatic carbocycles. The Bertz CT molecular complexity index is 372. The lowest BCUT2D eigenvalue weighted by molar-refractivity contribution is 0.299. The van der Waals surface area contributed by atoms with E-state index in [1.807, 2.05) is 25.6 Å². The van der Waals surface area contributed by atoms with Gasteiger partial charge in [-0.05, 0) is 20.0 Å². The predicted molar refractivity (Wildman–Crippen MR) is 70.2 cm³/mol. The second-order valence-corrected chi connectivity index (χ2v) is 4.87. The van der Waals surface area contributed by atoms with Crippen LogP contribution < -0.4 is 5.73 Å². The molecule has 4 nitrogen and oxygen atoms in total. The van der Waals surface area contributed by atoms with Crippen molar-refractivity contribution in [1.29, 1.82) is 0 Å². The molecule has 90 valence electrons. The molecule has 0 aliphatic heterocycles. The van der Waals surface area contributed by atoms with Crippen molar-refractivity contribution in [1.82, 2.24) is 14.7 Å². The average Bonchev–Trinajstić information content (AvgIpc) is 2.44. The topological polar surface area (TPSA) is 47.1 Å². The third-order valence-corrected chi connectivity index (χ3v) is 3.00. The van der Waals surface area contributed by atoms with Crippen LogP contribution in [0, 0.1) is 12.8 Å². The minimum Gasteiger partial charge on any atom is -0.393 e. The van der Waals surface area contributed by atoms with E-state index in [0.717, 1.165) is 18.8 Å². The van der Waals surface area contributed by atoms with Crippen molar-refractivity contribution in [2.45, 2.75) is 20.4 Å². The summed E-state index contributed by atoms with van der Waals surface area (Å²) in [4.78, 5) is 2.79. The fourth-order valence-electron chi connectivity index (χ4n) is 1.71. The summed E-state index contributed by atoms with van der Waals surface area (Å²) in [6.07, 6.45) is 0. The summed E-state index contributed by atoms with van der Waals surface area (Å²) in [5.41, 5.74) is 7.85. The molecule has 1 aromatic heterocycles. The highest BCUT2D eigenvalue weighted by molar-refractivity contribution is 7.80. The maximum atomic E-state index is 5.60. The normalized spacial score (nSPS) is 13.1. The number of hydrogen-bond donors (Lipinski definition) is 1. The summed E-state index contributed by atoms with van der Waals surface area (Å²) in [6, 6.07) is 2.10. The fraction of sp³-hybridized carbons (Fsp3) is 0.636. The van der Waals surface area contributed by atoms with Gasteiger partial charge in [-0.25, -0.2) is 0 Å². The Balaban J connectivity index is 2.54. The standard InChI is InChI=1S/C11H20N4S/c1-8(11(12)16)6-14(3)7-10-5-9(2)13-15(10)4/h5,8H,6-7H2,1-4H3,(H2,12,16). The van der Waals surface area contributed by atoms with Crippen LogP contribution in [-0.2, 0) is 13.6 Å². The molecule has 0 aromatic carbocycles. The molecule has 0 amide bonds. The Labute approximate surface area is 102 Å². The van der Waals surface area contributed by atoms with Crippen LogP contribution in [-0.4, -0.2) is 33.3 Å². The number of nitrogens with two attached hydrogens (primary N) is 1. The van der Waals surface area contributed by atoms with Crippen LogP contribution in [0.2, 0.25) is 0 Å². The molecule has 0 saturated carbocycles. The molecule has 1 rings (SSSR count). The molecule has 1 heterocycles. The van der Waals surface area contributed by atoms with E-state index in [9.17, 15) is 0 Å². The lowest BCUT2D eigenvalue weighted by Gasteiger charge is -2.20. The van der Waals surface area contributed by atoms with E-state index in [4.69, 9.17) is 18.0 Å². The molecular weight excluding hydrogens is 220 g/mol. The summed E-state index contributed by atoms with van der Waals surface area (Å²) in [5, 5.41) is 4.32. The van der Waals surface area contributed by atoms with Crippen molar-refractivity contribution in [3.8, 4) is 0 Å². The zero-order valence-electron chi connectivity index (χ0n) is 10.4. The molecular formula is C11H20N4S. The number of thiocarbonyl (C=S) groups is 1. The molecule has 1 unspecified atom stereocenters. The molecule has 0 bridgehead atoms. The first-order chi connectivity index (χ1) is 7.40. The minimum atomic E-state index is 0.245. The van der Waals surface area contributed by atoms with Crippen LogP contribution in [0.1, 0.15) is 18.3 Å². The molecule has 2 N–H and O–H groups in total. The predicted octanol–water partition coefficient (Wildman–Crippen LogP) is 1.08. The molecule has 1 aromatic rings. The summed E-state index contributed by atoms with van der Waals surface area (Å²) in [6.45, 7) is 5.79. The molecule has 0 saturated heterocycles. The van der Waals surface area contributed by atoms with Gasteiger partial charge < -0.3 is 5.73 Å². The second kappa shape index (κ2) is 5.41. The Morgan fingerprint density at radius 3 is 2.75 bits per heavy atom. The number of hydrogen-bond acceptors (Lipinski definition) is 3. The molecule has 0 radical (unpaired) electrons. The third kappa shape index (κ3) is 3.57. The van der Waals surface area contributed by atoms with E-state index in [1.54, 1.807) is 0 Å². The highest BCUT2D eigenvalue weighted by Crippen LogP contribution is 2.07. The number of nitrogens with zero attached hydrogens (tertiary/aromatic N) is 3. The maximum absolute atomic E-state index is 5.60. The van der Waals surface area contributed by atoms with Gasteiger partial charge in [-0.1, -0.05) is 19.1 Å². The lowest BCUT2D eigenvalue weighted by Crippen LogP contribution is -2.31. The number of aryl methyl sites for hydroxylation is 2. The molecule has 5 heteroatoms. The monoisotopic (exact) mass is 240 g/mol. The van der Waals surface area contributed by atoms with Gasteiger partial charge in [-0.2, -0.15) is 5.10 Å². The fourth-order valence-corrected chi connectivity index (χ4v) is 1.79. The first kappa shape index (κ1) is 13.1. The molecule has 0 aliphatic rings. The SMILES string of the molecule is Cc1cc(CN(C)CC(C)C(N)=S)n(C)n1. The third-order valence-electron chi connectivity index (χ3n) is 2.60. The Morgan fingerprint density at radius 2 is 2.31 bits per heavy atom. The van der Waals surface area contributed by atoms with Gasteiger partial charge >= 0.3 is 0 Å². The molecule has 1 atom stereocenters. The Morgan fingerprint density at radius 1 is 1.69 bits per heavy atom. The van der Waals surface area contributed by atoms with Crippen molar-refractivity contribution < 1.29 is 0 Å². The van der Waals surface area contributed by atoms with Gasteiger partial charge in [0.05, 0.1) is 16.4 Å². The molecule has 16 heavy (non-hydrogen) atoms. The second-order valence-electron chi connectivity index (χ2n) is 4.40. The van der Waals surface area contributed by atoms with Gasteiger partial charge in [0.1, 0.15) is 0 Å². The average molecular weight is 240 g/mol. The first-order valence-electron chi connectivity index (χ1n) is 5.37. The molecule has 0 fully saturated rings. The first-order valence-corrected chi connectivity index (χ1v) is 5.78.